The Morgan fingerprint density at radius 3 is 2.72 bits per heavy atom. The molecule has 4 heteroatoms. The van der Waals surface area contributed by atoms with Crippen molar-refractivity contribution in [1.29, 1.82) is 0 Å². The lowest BCUT2D eigenvalue weighted by atomic mass is 9.99. The van der Waals surface area contributed by atoms with Gasteiger partial charge in [-0.1, -0.05) is 0 Å². The maximum Gasteiger partial charge on any atom is 0.240 e. The first-order valence-electron chi connectivity index (χ1n) is 7.25. The van der Waals surface area contributed by atoms with Gasteiger partial charge in [0.1, 0.15) is 0 Å². The molecule has 2 saturated heterocycles. The molecule has 0 spiro atoms. The monoisotopic (exact) mass is 270 g/mol. The van der Waals surface area contributed by atoms with Gasteiger partial charge in [-0.3, -0.25) is 9.69 Å². The molecule has 2 aliphatic heterocycles. The summed E-state index contributed by atoms with van der Waals surface area (Å²) in [5.41, 5.74) is 0. The molecular formula is C14H26N2OS. The van der Waals surface area contributed by atoms with Gasteiger partial charge in [-0.25, -0.2) is 0 Å². The number of piperidine rings is 1. The van der Waals surface area contributed by atoms with Crippen LogP contribution < -0.4 is 0 Å². The molecule has 104 valence electrons. The minimum absolute atomic E-state index is 0.148. The van der Waals surface area contributed by atoms with Crippen LogP contribution in [0.25, 0.3) is 0 Å². The highest BCUT2D eigenvalue weighted by molar-refractivity contribution is 7.99. The van der Waals surface area contributed by atoms with Crippen LogP contribution in [0.2, 0.25) is 0 Å². The molecule has 0 aromatic carbocycles. The summed E-state index contributed by atoms with van der Waals surface area (Å²) in [6.07, 6.45) is 3.43. The Hall–Kier alpha value is -0.220. The number of thioether (sulfide) groups is 1. The van der Waals surface area contributed by atoms with Gasteiger partial charge in [0.15, 0.2) is 0 Å². The Labute approximate surface area is 115 Å². The summed E-state index contributed by atoms with van der Waals surface area (Å²) in [7, 11) is 0. The molecule has 0 aromatic heterocycles. The van der Waals surface area contributed by atoms with Gasteiger partial charge in [-0.2, -0.15) is 11.8 Å². The Morgan fingerprint density at radius 1 is 1.22 bits per heavy atom. The first kappa shape index (κ1) is 14.2. The molecule has 0 N–H and O–H groups in total. The van der Waals surface area contributed by atoms with E-state index < -0.39 is 0 Å². The van der Waals surface area contributed by atoms with Gasteiger partial charge in [-0.05, 0) is 45.8 Å². The number of likely N-dealkylation sites (tertiary alicyclic amines) is 1. The predicted octanol–water partition coefficient (Wildman–Crippen LogP) is 2.21. The van der Waals surface area contributed by atoms with Gasteiger partial charge in [0.2, 0.25) is 5.91 Å². The van der Waals surface area contributed by atoms with E-state index in [4.69, 9.17) is 0 Å². The summed E-state index contributed by atoms with van der Waals surface area (Å²) in [6, 6.07) is 1.05. The lowest BCUT2D eigenvalue weighted by Gasteiger charge is -2.42. The van der Waals surface area contributed by atoms with Crippen molar-refractivity contribution in [2.45, 2.75) is 58.2 Å². The summed E-state index contributed by atoms with van der Waals surface area (Å²) < 4.78 is 0. The molecule has 2 fully saturated rings. The van der Waals surface area contributed by atoms with Gasteiger partial charge < -0.3 is 4.90 Å². The third-order valence-corrected chi connectivity index (χ3v) is 5.20. The predicted molar refractivity (Wildman–Crippen MR) is 78.0 cm³/mol. The molecule has 2 atom stereocenters. The number of nitrogens with zero attached hydrogens (tertiary/aromatic N) is 2. The van der Waals surface area contributed by atoms with Crippen LogP contribution in [0.1, 0.15) is 40.0 Å². The summed E-state index contributed by atoms with van der Waals surface area (Å²) in [5.74, 6) is 2.79. The molecule has 3 nitrogen and oxygen atoms in total. The van der Waals surface area contributed by atoms with Gasteiger partial charge in [0.25, 0.3) is 0 Å². The molecule has 2 heterocycles. The zero-order valence-corrected chi connectivity index (χ0v) is 12.7. The largest absolute Gasteiger partial charge is 0.339 e. The van der Waals surface area contributed by atoms with Crippen molar-refractivity contribution in [2.75, 3.05) is 24.6 Å². The first-order valence-corrected chi connectivity index (χ1v) is 8.40. The van der Waals surface area contributed by atoms with Gasteiger partial charge >= 0.3 is 0 Å². The second-order valence-electron chi connectivity index (χ2n) is 5.77. The zero-order chi connectivity index (χ0) is 13.1. The van der Waals surface area contributed by atoms with Crippen LogP contribution >= 0.6 is 11.8 Å². The molecular weight excluding hydrogens is 244 g/mol. The highest BCUT2D eigenvalue weighted by Crippen LogP contribution is 2.25. The summed E-state index contributed by atoms with van der Waals surface area (Å²) in [6.45, 7) is 8.57. The molecule has 2 rings (SSSR count). The maximum absolute atomic E-state index is 12.6. The zero-order valence-electron chi connectivity index (χ0n) is 11.9. The van der Waals surface area contributed by atoms with E-state index >= 15 is 0 Å². The number of carbonyl (C=O) groups excluding carboxylic acids is 1. The Balaban J connectivity index is 2.08. The highest BCUT2D eigenvalue weighted by Gasteiger charge is 2.36. The molecule has 2 aliphatic rings. The fourth-order valence-corrected chi connectivity index (χ4v) is 4.13. The third kappa shape index (κ3) is 3.02. The van der Waals surface area contributed by atoms with Crippen LogP contribution in [0.15, 0.2) is 0 Å². The Morgan fingerprint density at radius 2 is 2.00 bits per heavy atom. The fourth-order valence-electron chi connectivity index (χ4n) is 3.08. The molecule has 18 heavy (non-hydrogen) atoms. The van der Waals surface area contributed by atoms with E-state index in [2.05, 4.69) is 30.6 Å². The van der Waals surface area contributed by atoms with Crippen molar-refractivity contribution in [1.82, 2.24) is 9.80 Å². The average Bonchev–Trinajstić information content (AvgIpc) is 2.54. The molecule has 0 radical (unpaired) electrons. The van der Waals surface area contributed by atoms with Crippen molar-refractivity contribution in [3.05, 3.63) is 0 Å². The minimum Gasteiger partial charge on any atom is -0.339 e. The van der Waals surface area contributed by atoms with Crippen molar-refractivity contribution in [3.63, 3.8) is 0 Å². The normalized spacial score (nSPS) is 31.8. The number of hydrogen-bond acceptors (Lipinski definition) is 3. The van der Waals surface area contributed by atoms with E-state index in [0.29, 0.717) is 18.0 Å². The number of rotatable bonds is 2. The maximum atomic E-state index is 12.6. The van der Waals surface area contributed by atoms with Crippen molar-refractivity contribution in [3.8, 4) is 0 Å². The first-order chi connectivity index (χ1) is 8.61. The minimum atomic E-state index is 0.148. The summed E-state index contributed by atoms with van der Waals surface area (Å²) in [5, 5.41) is 0. The Kier molecular flexibility index (Phi) is 4.96. The molecule has 0 aromatic rings. The van der Waals surface area contributed by atoms with E-state index in [1.54, 1.807) is 0 Å². The van der Waals surface area contributed by atoms with Crippen LogP contribution in [-0.2, 0) is 4.79 Å². The van der Waals surface area contributed by atoms with Gasteiger partial charge in [0.05, 0.1) is 6.04 Å². The van der Waals surface area contributed by atoms with E-state index in [1.807, 2.05) is 11.8 Å². The van der Waals surface area contributed by atoms with Crippen molar-refractivity contribution >= 4 is 17.7 Å². The lowest BCUT2D eigenvalue weighted by Crippen LogP contribution is -2.56. The lowest BCUT2D eigenvalue weighted by molar-refractivity contribution is -0.143. The summed E-state index contributed by atoms with van der Waals surface area (Å²) in [4.78, 5) is 17.1. The van der Waals surface area contributed by atoms with Crippen LogP contribution in [0.4, 0.5) is 0 Å². The SMILES string of the molecule is CC(C)N1CCC[C@H](N2CCSCC[C@@H]2C)C1=O. The van der Waals surface area contributed by atoms with Crippen molar-refractivity contribution < 1.29 is 4.79 Å². The van der Waals surface area contributed by atoms with Crippen LogP contribution in [-0.4, -0.2) is 58.4 Å². The fraction of sp³-hybridized carbons (Fsp3) is 0.929. The average molecular weight is 270 g/mol. The summed E-state index contributed by atoms with van der Waals surface area (Å²) >= 11 is 2.03. The second-order valence-corrected chi connectivity index (χ2v) is 7.00. The van der Waals surface area contributed by atoms with Crippen molar-refractivity contribution in [2.24, 2.45) is 0 Å². The van der Waals surface area contributed by atoms with E-state index in [-0.39, 0.29) is 6.04 Å². The highest BCUT2D eigenvalue weighted by atomic mass is 32.2. The number of amides is 1. The third-order valence-electron chi connectivity index (χ3n) is 4.21. The molecule has 1 amide bonds. The van der Waals surface area contributed by atoms with E-state index in [1.165, 1.54) is 17.9 Å². The molecule has 0 bridgehead atoms. The van der Waals surface area contributed by atoms with Crippen LogP contribution in [0.3, 0.4) is 0 Å². The van der Waals surface area contributed by atoms with E-state index in [9.17, 15) is 4.79 Å². The van der Waals surface area contributed by atoms with Gasteiger partial charge in [0, 0.05) is 30.9 Å². The molecule has 0 aliphatic carbocycles. The number of carbonyl (C=O) groups is 1. The van der Waals surface area contributed by atoms with Gasteiger partial charge in [-0.15, -0.1) is 0 Å². The smallest absolute Gasteiger partial charge is 0.240 e. The number of hydrogen-bond donors (Lipinski definition) is 0. The standard InChI is InChI=1S/C14H26N2OS/c1-11(2)15-7-4-5-13(14(15)17)16-8-10-18-9-6-12(16)3/h11-13H,4-10H2,1-3H3/t12-,13-/m0/s1. The van der Waals surface area contributed by atoms with Crippen LogP contribution in [0, 0.1) is 0 Å². The Bertz CT molecular complexity index is 296. The molecule has 0 unspecified atom stereocenters. The quantitative estimate of drug-likeness (QED) is 0.768. The van der Waals surface area contributed by atoms with E-state index in [0.717, 1.165) is 25.9 Å². The molecule has 0 saturated carbocycles. The topological polar surface area (TPSA) is 23.6 Å². The second kappa shape index (κ2) is 6.29. The van der Waals surface area contributed by atoms with Crippen LogP contribution in [0.5, 0.6) is 0 Å².